The van der Waals surface area contributed by atoms with Gasteiger partial charge in [0.25, 0.3) is 0 Å². The number of piperazine rings is 1. The summed E-state index contributed by atoms with van der Waals surface area (Å²) < 4.78 is 0. The standard InChI is InChI=1S/C11H18N2O/c1-12-6-9-5-10(7-12)13(9)11(14)4-8-2-3-8/h8-10H,2-7H2,1H3. The van der Waals surface area contributed by atoms with Gasteiger partial charge in [0.15, 0.2) is 0 Å². The smallest absolute Gasteiger partial charge is 0.223 e. The van der Waals surface area contributed by atoms with Gasteiger partial charge in [-0.1, -0.05) is 0 Å². The van der Waals surface area contributed by atoms with E-state index in [-0.39, 0.29) is 0 Å². The number of hydrogen-bond donors (Lipinski definition) is 0. The van der Waals surface area contributed by atoms with E-state index < -0.39 is 0 Å². The first-order valence-electron chi connectivity index (χ1n) is 5.74. The van der Waals surface area contributed by atoms with Crippen LogP contribution in [-0.4, -0.2) is 47.9 Å². The zero-order valence-electron chi connectivity index (χ0n) is 8.78. The Hall–Kier alpha value is -0.570. The van der Waals surface area contributed by atoms with Crippen LogP contribution >= 0.6 is 0 Å². The molecule has 3 aliphatic heterocycles. The number of carbonyl (C=O) groups excluding carboxylic acids is 1. The minimum absolute atomic E-state index is 0.432. The molecule has 0 radical (unpaired) electrons. The molecule has 0 aromatic heterocycles. The van der Waals surface area contributed by atoms with E-state index in [0.29, 0.717) is 18.0 Å². The van der Waals surface area contributed by atoms with Gasteiger partial charge in [0.2, 0.25) is 5.91 Å². The fourth-order valence-corrected chi connectivity index (χ4v) is 2.90. The first-order chi connectivity index (χ1) is 6.74. The molecule has 3 nitrogen and oxygen atoms in total. The lowest BCUT2D eigenvalue weighted by Crippen LogP contribution is -2.69. The lowest BCUT2D eigenvalue weighted by atomic mass is 9.87. The second-order valence-corrected chi connectivity index (χ2v) is 5.21. The van der Waals surface area contributed by atoms with Gasteiger partial charge < -0.3 is 9.80 Å². The molecule has 0 spiro atoms. The van der Waals surface area contributed by atoms with E-state index in [0.717, 1.165) is 25.4 Å². The van der Waals surface area contributed by atoms with E-state index >= 15 is 0 Å². The maximum absolute atomic E-state index is 11.9. The molecule has 4 aliphatic rings. The monoisotopic (exact) mass is 194 g/mol. The van der Waals surface area contributed by atoms with Gasteiger partial charge in [-0.15, -0.1) is 0 Å². The third kappa shape index (κ3) is 1.34. The molecule has 0 aromatic rings. The molecule has 0 N–H and O–H groups in total. The third-order valence-electron chi connectivity index (χ3n) is 3.82. The number of likely N-dealkylation sites (N-methyl/N-ethyl adjacent to an activating group) is 1. The highest BCUT2D eigenvalue weighted by Crippen LogP contribution is 2.37. The number of hydrogen-bond acceptors (Lipinski definition) is 2. The maximum atomic E-state index is 11.9. The van der Waals surface area contributed by atoms with Gasteiger partial charge in [-0.3, -0.25) is 4.79 Å². The predicted octanol–water partition coefficient (Wildman–Crippen LogP) is 0.701. The summed E-state index contributed by atoms with van der Waals surface area (Å²) in [5.74, 6) is 1.17. The minimum Gasteiger partial charge on any atom is -0.334 e. The third-order valence-corrected chi connectivity index (χ3v) is 3.82. The zero-order chi connectivity index (χ0) is 9.71. The number of carbonyl (C=O) groups is 1. The SMILES string of the molecule is CN1CC2CC(C1)N2C(=O)CC1CC1. The number of piperidine rings is 1. The summed E-state index contributed by atoms with van der Waals surface area (Å²) in [6, 6.07) is 1.09. The Kier molecular flexibility index (Phi) is 1.84. The molecule has 14 heavy (non-hydrogen) atoms. The van der Waals surface area contributed by atoms with Gasteiger partial charge in [-0.2, -0.15) is 0 Å². The topological polar surface area (TPSA) is 23.6 Å². The summed E-state index contributed by atoms with van der Waals surface area (Å²) in [5.41, 5.74) is 0. The molecule has 2 bridgehead atoms. The second-order valence-electron chi connectivity index (χ2n) is 5.21. The summed E-state index contributed by atoms with van der Waals surface area (Å²) in [6.45, 7) is 2.18. The Morgan fingerprint density at radius 1 is 1.29 bits per heavy atom. The molecule has 3 heteroatoms. The second kappa shape index (κ2) is 2.96. The molecule has 3 saturated heterocycles. The maximum Gasteiger partial charge on any atom is 0.223 e. The molecule has 4 fully saturated rings. The Balaban J connectivity index is 1.60. The van der Waals surface area contributed by atoms with Gasteiger partial charge in [0, 0.05) is 31.6 Å². The molecule has 3 heterocycles. The first kappa shape index (κ1) is 8.72. The fourth-order valence-electron chi connectivity index (χ4n) is 2.90. The van der Waals surface area contributed by atoms with Crippen LogP contribution in [0.2, 0.25) is 0 Å². The molecule has 1 saturated carbocycles. The van der Waals surface area contributed by atoms with Crippen LogP contribution in [0.5, 0.6) is 0 Å². The highest BCUT2D eigenvalue weighted by atomic mass is 16.2. The lowest BCUT2D eigenvalue weighted by Gasteiger charge is -2.55. The predicted molar refractivity (Wildman–Crippen MR) is 53.9 cm³/mol. The molecule has 0 aromatic carbocycles. The minimum atomic E-state index is 0.432. The van der Waals surface area contributed by atoms with E-state index in [9.17, 15) is 4.79 Å². The van der Waals surface area contributed by atoms with Crippen molar-refractivity contribution < 1.29 is 4.79 Å². The molecular weight excluding hydrogens is 176 g/mol. The van der Waals surface area contributed by atoms with E-state index in [1.165, 1.54) is 19.3 Å². The number of amides is 1. The molecular formula is C11H18N2O. The summed E-state index contributed by atoms with van der Waals surface area (Å²) in [4.78, 5) is 16.4. The van der Waals surface area contributed by atoms with Crippen molar-refractivity contribution >= 4 is 5.91 Å². The number of nitrogens with zero attached hydrogens (tertiary/aromatic N) is 2. The van der Waals surface area contributed by atoms with E-state index in [4.69, 9.17) is 0 Å². The van der Waals surface area contributed by atoms with Gasteiger partial charge in [0.05, 0.1) is 0 Å². The van der Waals surface area contributed by atoms with Crippen LogP contribution in [0.1, 0.15) is 25.7 Å². The average Bonchev–Trinajstić information content (AvgIpc) is 2.86. The average molecular weight is 194 g/mol. The largest absolute Gasteiger partial charge is 0.334 e. The Labute approximate surface area is 85.1 Å². The summed E-state index contributed by atoms with van der Waals surface area (Å²) in [7, 11) is 2.15. The van der Waals surface area contributed by atoms with E-state index in [2.05, 4.69) is 16.8 Å². The summed E-state index contributed by atoms with van der Waals surface area (Å²) in [6.07, 6.45) is 4.65. The summed E-state index contributed by atoms with van der Waals surface area (Å²) in [5, 5.41) is 0. The highest BCUT2D eigenvalue weighted by molar-refractivity contribution is 5.78. The Morgan fingerprint density at radius 2 is 1.93 bits per heavy atom. The number of rotatable bonds is 2. The van der Waals surface area contributed by atoms with Gasteiger partial charge in [-0.25, -0.2) is 0 Å². The van der Waals surface area contributed by atoms with Crippen molar-refractivity contribution in [1.29, 1.82) is 0 Å². The van der Waals surface area contributed by atoms with Crippen molar-refractivity contribution in [2.45, 2.75) is 37.8 Å². The Bertz CT molecular complexity index is 250. The number of fused-ring (bicyclic) bond motifs is 2. The van der Waals surface area contributed by atoms with Crippen LogP contribution in [0.25, 0.3) is 0 Å². The van der Waals surface area contributed by atoms with Gasteiger partial charge in [-0.05, 0) is 32.2 Å². The fraction of sp³-hybridized carbons (Fsp3) is 0.909. The molecule has 1 amide bonds. The van der Waals surface area contributed by atoms with Crippen molar-refractivity contribution in [2.24, 2.45) is 5.92 Å². The zero-order valence-corrected chi connectivity index (χ0v) is 8.78. The lowest BCUT2D eigenvalue weighted by molar-refractivity contribution is -0.153. The van der Waals surface area contributed by atoms with Crippen LogP contribution in [-0.2, 0) is 4.79 Å². The van der Waals surface area contributed by atoms with Gasteiger partial charge in [0.1, 0.15) is 0 Å². The normalized spacial score (nSPS) is 36.8. The van der Waals surface area contributed by atoms with Crippen LogP contribution < -0.4 is 0 Å². The molecule has 2 atom stereocenters. The van der Waals surface area contributed by atoms with Crippen molar-refractivity contribution in [3.63, 3.8) is 0 Å². The molecule has 1 aliphatic carbocycles. The van der Waals surface area contributed by atoms with Crippen molar-refractivity contribution in [3.05, 3.63) is 0 Å². The molecule has 78 valence electrons. The Morgan fingerprint density at radius 3 is 2.50 bits per heavy atom. The van der Waals surface area contributed by atoms with Crippen LogP contribution in [0.3, 0.4) is 0 Å². The summed E-state index contributed by atoms with van der Waals surface area (Å²) >= 11 is 0. The van der Waals surface area contributed by atoms with Crippen molar-refractivity contribution in [2.75, 3.05) is 20.1 Å². The quantitative estimate of drug-likeness (QED) is 0.646. The van der Waals surface area contributed by atoms with Crippen LogP contribution in [0, 0.1) is 5.92 Å². The first-order valence-corrected chi connectivity index (χ1v) is 5.74. The van der Waals surface area contributed by atoms with E-state index in [1.54, 1.807) is 0 Å². The van der Waals surface area contributed by atoms with Crippen LogP contribution in [0.4, 0.5) is 0 Å². The van der Waals surface area contributed by atoms with E-state index in [1.807, 2.05) is 0 Å². The molecule has 4 rings (SSSR count). The van der Waals surface area contributed by atoms with Crippen molar-refractivity contribution in [3.8, 4) is 0 Å². The van der Waals surface area contributed by atoms with Gasteiger partial charge >= 0.3 is 0 Å². The molecule has 2 unspecified atom stereocenters. The van der Waals surface area contributed by atoms with Crippen molar-refractivity contribution in [1.82, 2.24) is 9.80 Å². The van der Waals surface area contributed by atoms with Crippen LogP contribution in [0.15, 0.2) is 0 Å². The highest BCUT2D eigenvalue weighted by Gasteiger charge is 2.46.